The lowest BCUT2D eigenvalue weighted by molar-refractivity contribution is -0.274. The third-order valence-electron chi connectivity index (χ3n) is 5.03. The molecule has 178 valence electrons. The minimum Gasteiger partial charge on any atom is -0.406 e. The number of nitrogens with one attached hydrogen (secondary N) is 1. The van der Waals surface area contributed by atoms with Gasteiger partial charge in [-0.25, -0.2) is 9.18 Å². The first-order valence-corrected chi connectivity index (χ1v) is 10.1. The summed E-state index contributed by atoms with van der Waals surface area (Å²) in [6.45, 7) is 1.49. The van der Waals surface area contributed by atoms with Gasteiger partial charge in [0.25, 0.3) is 0 Å². The summed E-state index contributed by atoms with van der Waals surface area (Å²) in [6.07, 6.45) is -2.24. The van der Waals surface area contributed by atoms with Crippen LogP contribution < -0.4 is 10.1 Å². The van der Waals surface area contributed by atoms with Crippen LogP contribution >= 0.6 is 0 Å². The molecule has 1 aliphatic heterocycles. The van der Waals surface area contributed by atoms with Crippen molar-refractivity contribution in [1.29, 1.82) is 0 Å². The lowest BCUT2D eigenvalue weighted by atomic mass is 10.0. The van der Waals surface area contributed by atoms with Crippen LogP contribution in [-0.4, -0.2) is 58.3 Å². The number of nitrogens with zero attached hydrogens (tertiary/aromatic N) is 2. The van der Waals surface area contributed by atoms with E-state index in [9.17, 15) is 27.5 Å². The first kappa shape index (κ1) is 24.5. The summed E-state index contributed by atoms with van der Waals surface area (Å²) < 4.78 is 55.6. The Hall–Kier alpha value is -3.18. The minimum absolute atomic E-state index is 0.0798. The largest absolute Gasteiger partial charge is 0.573 e. The molecule has 33 heavy (non-hydrogen) atoms. The van der Waals surface area contributed by atoms with Crippen LogP contribution in [0.5, 0.6) is 5.75 Å². The fourth-order valence-electron chi connectivity index (χ4n) is 3.40. The molecule has 0 aliphatic carbocycles. The smallest absolute Gasteiger partial charge is 0.406 e. The van der Waals surface area contributed by atoms with E-state index in [4.69, 9.17) is 5.11 Å². The highest BCUT2D eigenvalue weighted by Gasteiger charge is 2.31. The van der Waals surface area contributed by atoms with E-state index in [-0.39, 0.29) is 36.5 Å². The van der Waals surface area contributed by atoms with Crippen LogP contribution in [0.2, 0.25) is 0 Å². The molecular formula is C22H23F4N3O4. The number of hydrogen-bond acceptors (Lipinski definition) is 5. The van der Waals surface area contributed by atoms with Gasteiger partial charge in [0, 0.05) is 31.4 Å². The lowest BCUT2D eigenvalue weighted by Crippen LogP contribution is -2.38. The van der Waals surface area contributed by atoms with Gasteiger partial charge in [0.05, 0.1) is 12.7 Å². The van der Waals surface area contributed by atoms with Gasteiger partial charge in [-0.2, -0.15) is 0 Å². The number of benzene rings is 1. The molecule has 0 radical (unpaired) electrons. The predicted molar refractivity (Wildman–Crippen MR) is 112 cm³/mol. The molecule has 3 rings (SSSR count). The molecule has 0 saturated carbocycles. The zero-order chi connectivity index (χ0) is 24.2. The minimum atomic E-state index is -4.80. The number of rotatable bonds is 6. The topological polar surface area (TPSA) is 94.9 Å². The van der Waals surface area contributed by atoms with Gasteiger partial charge < -0.3 is 25.2 Å². The molecule has 3 N–H and O–H groups in total. The van der Waals surface area contributed by atoms with Gasteiger partial charge >= 0.3 is 12.4 Å². The Labute approximate surface area is 187 Å². The Bertz CT molecular complexity index is 1040. The molecule has 2 aromatic rings. The molecule has 0 fully saturated rings. The number of anilines is 1. The van der Waals surface area contributed by atoms with Crippen LogP contribution in [0.4, 0.5) is 28.0 Å². The van der Waals surface area contributed by atoms with E-state index in [2.05, 4.69) is 15.0 Å². The van der Waals surface area contributed by atoms with E-state index < -0.39 is 30.9 Å². The Morgan fingerprint density at radius 1 is 1.33 bits per heavy atom. The Morgan fingerprint density at radius 2 is 2.09 bits per heavy atom. The van der Waals surface area contributed by atoms with Gasteiger partial charge in [0.2, 0.25) is 0 Å². The van der Waals surface area contributed by atoms with E-state index in [1.54, 1.807) is 6.08 Å². The number of urea groups is 1. The Balaban J connectivity index is 1.61. The molecule has 0 spiro atoms. The molecule has 0 unspecified atom stereocenters. The number of halogens is 4. The standard InChI is InChI=1S/C22H23F4N3O4/c1-13-8-16(2-3-19(13)33-22(24,25)26)28-21(32)29-6-4-15(5-7-29)20-18(23)10-14(11-27-20)9-17(31)12-30/h2-4,8,10-11,17,30-31H,5-7,9,12H2,1H3,(H,28,32)/t17-/m1/s1. The summed E-state index contributed by atoms with van der Waals surface area (Å²) in [5.41, 5.74) is 1.78. The maximum atomic E-state index is 14.5. The maximum Gasteiger partial charge on any atom is 0.573 e. The second-order valence-electron chi connectivity index (χ2n) is 7.60. The third kappa shape index (κ3) is 6.65. The van der Waals surface area contributed by atoms with Crippen LogP contribution in [0.15, 0.2) is 36.5 Å². The number of alkyl halides is 3. The number of carbonyl (C=O) groups is 1. The summed E-state index contributed by atoms with van der Waals surface area (Å²) in [4.78, 5) is 18.1. The Morgan fingerprint density at radius 3 is 2.67 bits per heavy atom. The quantitative estimate of drug-likeness (QED) is 0.562. The first-order valence-electron chi connectivity index (χ1n) is 10.1. The number of hydrogen-bond donors (Lipinski definition) is 3. The van der Waals surface area contributed by atoms with Crippen LogP contribution in [0.1, 0.15) is 23.2 Å². The van der Waals surface area contributed by atoms with E-state index in [0.717, 1.165) is 6.07 Å². The van der Waals surface area contributed by atoms with E-state index >= 15 is 0 Å². The van der Waals surface area contributed by atoms with Crippen molar-refractivity contribution in [3.63, 3.8) is 0 Å². The van der Waals surface area contributed by atoms with E-state index in [0.29, 0.717) is 23.2 Å². The van der Waals surface area contributed by atoms with Crippen molar-refractivity contribution in [3.8, 4) is 5.75 Å². The zero-order valence-electron chi connectivity index (χ0n) is 17.7. The van der Waals surface area contributed by atoms with Gasteiger partial charge in [-0.05, 0) is 54.3 Å². The molecule has 0 bridgehead atoms. The molecule has 1 aromatic heterocycles. The molecule has 2 heterocycles. The predicted octanol–water partition coefficient (Wildman–Crippen LogP) is 3.64. The van der Waals surface area contributed by atoms with Gasteiger partial charge in [-0.3, -0.25) is 4.98 Å². The molecule has 1 aromatic carbocycles. The summed E-state index contributed by atoms with van der Waals surface area (Å²) in [5, 5.41) is 21.0. The highest BCUT2D eigenvalue weighted by atomic mass is 19.4. The van der Waals surface area contributed by atoms with E-state index in [1.807, 2.05) is 0 Å². The van der Waals surface area contributed by atoms with Crippen molar-refractivity contribution >= 4 is 17.3 Å². The van der Waals surface area contributed by atoms with Crippen molar-refractivity contribution in [2.75, 3.05) is 25.0 Å². The monoisotopic (exact) mass is 469 g/mol. The van der Waals surface area contributed by atoms with Gasteiger partial charge in [0.1, 0.15) is 17.3 Å². The molecule has 11 heteroatoms. The number of aromatic nitrogens is 1. The molecule has 0 saturated heterocycles. The van der Waals surface area contributed by atoms with Gasteiger partial charge in [-0.15, -0.1) is 13.2 Å². The number of aliphatic hydroxyl groups is 2. The number of pyridine rings is 1. The number of ether oxygens (including phenoxy) is 1. The van der Waals surface area contributed by atoms with Crippen LogP contribution in [-0.2, 0) is 6.42 Å². The second-order valence-corrected chi connectivity index (χ2v) is 7.60. The van der Waals surface area contributed by atoms with Gasteiger partial charge in [0.15, 0.2) is 0 Å². The summed E-state index contributed by atoms with van der Waals surface area (Å²) >= 11 is 0. The third-order valence-corrected chi connectivity index (χ3v) is 5.03. The van der Waals surface area contributed by atoms with Crippen molar-refractivity contribution in [2.45, 2.75) is 32.2 Å². The summed E-state index contributed by atoms with van der Waals surface area (Å²) in [5.74, 6) is -0.907. The number of aliphatic hydroxyl groups excluding tert-OH is 2. The fraction of sp³-hybridized carbons (Fsp3) is 0.364. The molecular weight excluding hydrogens is 446 g/mol. The van der Waals surface area contributed by atoms with Crippen molar-refractivity contribution in [2.24, 2.45) is 0 Å². The van der Waals surface area contributed by atoms with Crippen molar-refractivity contribution in [1.82, 2.24) is 9.88 Å². The average molecular weight is 469 g/mol. The summed E-state index contributed by atoms with van der Waals surface area (Å²) in [7, 11) is 0. The normalized spacial score (nSPS) is 15.1. The number of carbonyl (C=O) groups excluding carboxylic acids is 1. The average Bonchev–Trinajstić information content (AvgIpc) is 2.75. The number of aryl methyl sites for hydroxylation is 1. The summed E-state index contributed by atoms with van der Waals surface area (Å²) in [6, 6.07) is 4.63. The molecule has 1 aliphatic rings. The molecule has 7 nitrogen and oxygen atoms in total. The fourth-order valence-corrected chi connectivity index (χ4v) is 3.40. The van der Waals surface area contributed by atoms with Crippen LogP contribution in [0, 0.1) is 12.7 Å². The second kappa shape index (κ2) is 10.2. The Kier molecular flexibility index (Phi) is 7.54. The zero-order valence-corrected chi connectivity index (χ0v) is 17.7. The van der Waals surface area contributed by atoms with Crippen molar-refractivity contribution in [3.05, 3.63) is 59.2 Å². The highest BCUT2D eigenvalue weighted by molar-refractivity contribution is 5.90. The first-order chi connectivity index (χ1) is 15.6. The van der Waals surface area contributed by atoms with Crippen LogP contribution in [0.3, 0.4) is 0 Å². The lowest BCUT2D eigenvalue weighted by Gasteiger charge is -2.27. The van der Waals surface area contributed by atoms with Gasteiger partial charge in [-0.1, -0.05) is 6.08 Å². The van der Waals surface area contributed by atoms with E-state index in [1.165, 1.54) is 36.2 Å². The van der Waals surface area contributed by atoms with Crippen LogP contribution in [0.25, 0.3) is 5.57 Å². The molecule has 2 amide bonds. The maximum absolute atomic E-state index is 14.5. The number of amides is 2. The SMILES string of the molecule is Cc1cc(NC(=O)N2CC=C(c3ncc(C[C@@H](O)CO)cc3F)CC2)ccc1OC(F)(F)F. The van der Waals surface area contributed by atoms with Crippen molar-refractivity contribution < 1.29 is 37.3 Å². The highest BCUT2D eigenvalue weighted by Crippen LogP contribution is 2.29. The molecule has 1 atom stereocenters.